The molecule has 4 N–H and O–H groups in total. The number of benzene rings is 3. The van der Waals surface area contributed by atoms with Crippen molar-refractivity contribution < 1.29 is 9.59 Å². The maximum absolute atomic E-state index is 12.7. The zero-order valence-corrected chi connectivity index (χ0v) is 21.6. The highest BCUT2D eigenvalue weighted by Gasteiger charge is 2.14. The standard InChI is InChI=1S/C30H32N6O2/c1-19-17-31-27(33-19)15-21-3-11-25(12-4-21)35-29(37)23-7-9-24(10-8-23)30(38)36-26-13-5-22(6-14-26)16-28-32-18-20(2)34-28/h3-14,19-20H,15-18H2,1-2H3,(H,31,33)(H,32,34)(H,35,37)(H,36,38). The predicted octanol–water partition coefficient (Wildman–Crippen LogP) is 4.06. The molecule has 2 heterocycles. The van der Waals surface area contributed by atoms with E-state index in [0.717, 1.165) is 48.7 Å². The molecular weight excluding hydrogens is 476 g/mol. The number of rotatable bonds is 8. The van der Waals surface area contributed by atoms with Crippen molar-refractivity contribution in [3.8, 4) is 0 Å². The Bertz CT molecular complexity index is 1250. The van der Waals surface area contributed by atoms with Gasteiger partial charge in [-0.15, -0.1) is 0 Å². The average Bonchev–Trinajstić information content (AvgIpc) is 3.53. The van der Waals surface area contributed by atoms with Crippen LogP contribution in [0.15, 0.2) is 82.8 Å². The van der Waals surface area contributed by atoms with E-state index in [1.54, 1.807) is 24.3 Å². The molecular formula is C30H32N6O2. The number of carbonyl (C=O) groups excluding carboxylic acids is 2. The van der Waals surface area contributed by atoms with Crippen LogP contribution in [0.3, 0.4) is 0 Å². The minimum Gasteiger partial charge on any atom is -0.369 e. The van der Waals surface area contributed by atoms with Crippen LogP contribution in [0.2, 0.25) is 0 Å². The van der Waals surface area contributed by atoms with Crippen LogP contribution in [-0.4, -0.2) is 48.7 Å². The van der Waals surface area contributed by atoms with Gasteiger partial charge in [-0.2, -0.15) is 0 Å². The summed E-state index contributed by atoms with van der Waals surface area (Å²) in [5.74, 6) is 1.54. The largest absolute Gasteiger partial charge is 0.369 e. The van der Waals surface area contributed by atoms with Crippen molar-refractivity contribution in [2.75, 3.05) is 23.7 Å². The Balaban J connectivity index is 1.12. The van der Waals surface area contributed by atoms with Crippen LogP contribution in [0.5, 0.6) is 0 Å². The molecule has 0 saturated carbocycles. The number of anilines is 2. The lowest BCUT2D eigenvalue weighted by molar-refractivity contribution is 0.101. The lowest BCUT2D eigenvalue weighted by Gasteiger charge is -2.10. The van der Waals surface area contributed by atoms with Gasteiger partial charge in [0.15, 0.2) is 0 Å². The van der Waals surface area contributed by atoms with Crippen LogP contribution in [0.25, 0.3) is 0 Å². The van der Waals surface area contributed by atoms with Crippen molar-refractivity contribution >= 4 is 34.9 Å². The topological polar surface area (TPSA) is 107 Å². The molecule has 0 aliphatic carbocycles. The number of hydrogen-bond donors (Lipinski definition) is 4. The van der Waals surface area contributed by atoms with E-state index < -0.39 is 0 Å². The molecule has 0 aromatic heterocycles. The van der Waals surface area contributed by atoms with Crippen molar-refractivity contribution in [1.29, 1.82) is 0 Å². The minimum absolute atomic E-state index is 0.230. The van der Waals surface area contributed by atoms with E-state index in [-0.39, 0.29) is 11.8 Å². The third-order valence-corrected chi connectivity index (χ3v) is 6.51. The van der Waals surface area contributed by atoms with Gasteiger partial charge < -0.3 is 21.3 Å². The Morgan fingerprint density at radius 3 is 1.34 bits per heavy atom. The van der Waals surface area contributed by atoms with Gasteiger partial charge in [0.25, 0.3) is 11.8 Å². The SMILES string of the molecule is CC1CN=C(Cc2ccc(NC(=O)c3ccc(C(=O)Nc4ccc(CC5=NCC(C)N5)cc4)cc3)cc2)N1. The molecule has 0 fully saturated rings. The van der Waals surface area contributed by atoms with E-state index in [1.807, 2.05) is 48.5 Å². The molecule has 38 heavy (non-hydrogen) atoms. The molecule has 0 radical (unpaired) electrons. The molecule has 2 aliphatic heterocycles. The van der Waals surface area contributed by atoms with E-state index in [1.165, 1.54) is 0 Å². The van der Waals surface area contributed by atoms with Crippen LogP contribution >= 0.6 is 0 Å². The fourth-order valence-electron chi connectivity index (χ4n) is 4.44. The summed E-state index contributed by atoms with van der Waals surface area (Å²) in [6.45, 7) is 5.84. The van der Waals surface area contributed by atoms with Crippen molar-refractivity contribution in [3.05, 3.63) is 95.1 Å². The molecule has 2 amide bonds. The van der Waals surface area contributed by atoms with E-state index in [0.29, 0.717) is 34.6 Å². The maximum atomic E-state index is 12.7. The molecule has 5 rings (SSSR count). The second kappa shape index (κ2) is 11.3. The number of nitrogens with one attached hydrogen (secondary N) is 4. The molecule has 3 aromatic carbocycles. The fourth-order valence-corrected chi connectivity index (χ4v) is 4.44. The highest BCUT2D eigenvalue weighted by atomic mass is 16.2. The molecule has 194 valence electrons. The third-order valence-electron chi connectivity index (χ3n) is 6.51. The van der Waals surface area contributed by atoms with Crippen molar-refractivity contribution in [2.45, 2.75) is 38.8 Å². The van der Waals surface area contributed by atoms with Gasteiger partial charge in [-0.05, 0) is 73.5 Å². The molecule has 2 unspecified atom stereocenters. The Kier molecular flexibility index (Phi) is 7.49. The van der Waals surface area contributed by atoms with E-state index in [2.05, 4.69) is 45.1 Å². The van der Waals surface area contributed by atoms with Gasteiger partial charge in [0.1, 0.15) is 11.7 Å². The number of amidine groups is 2. The Morgan fingerprint density at radius 1 is 0.658 bits per heavy atom. The fraction of sp³-hybridized carbons (Fsp3) is 0.267. The van der Waals surface area contributed by atoms with Crippen LogP contribution < -0.4 is 21.3 Å². The number of carbonyl (C=O) groups is 2. The van der Waals surface area contributed by atoms with Crippen LogP contribution in [0.4, 0.5) is 11.4 Å². The summed E-state index contributed by atoms with van der Waals surface area (Å²) in [4.78, 5) is 34.4. The Labute approximate surface area is 222 Å². The highest BCUT2D eigenvalue weighted by molar-refractivity contribution is 6.07. The van der Waals surface area contributed by atoms with Crippen molar-refractivity contribution in [1.82, 2.24) is 10.6 Å². The number of amides is 2. The van der Waals surface area contributed by atoms with Crippen LogP contribution in [0, 0.1) is 0 Å². The van der Waals surface area contributed by atoms with Gasteiger partial charge in [-0.1, -0.05) is 24.3 Å². The Morgan fingerprint density at radius 2 is 1.03 bits per heavy atom. The van der Waals surface area contributed by atoms with Gasteiger partial charge in [-0.3, -0.25) is 19.6 Å². The molecule has 0 spiro atoms. The summed E-state index contributed by atoms with van der Waals surface area (Å²) in [5, 5.41) is 12.5. The average molecular weight is 509 g/mol. The van der Waals surface area contributed by atoms with Crippen molar-refractivity contribution in [2.24, 2.45) is 9.98 Å². The van der Waals surface area contributed by atoms with Gasteiger partial charge in [0, 0.05) is 47.4 Å². The monoisotopic (exact) mass is 508 g/mol. The summed E-state index contributed by atoms with van der Waals surface area (Å²) in [5.41, 5.74) is 4.64. The van der Waals surface area contributed by atoms with E-state index >= 15 is 0 Å². The van der Waals surface area contributed by atoms with Gasteiger partial charge >= 0.3 is 0 Å². The van der Waals surface area contributed by atoms with Crippen molar-refractivity contribution in [3.63, 3.8) is 0 Å². The number of aliphatic imine (C=N–C) groups is 2. The molecule has 3 aromatic rings. The maximum Gasteiger partial charge on any atom is 0.255 e. The second-order valence-corrected chi connectivity index (χ2v) is 9.90. The molecule has 2 aliphatic rings. The first-order chi connectivity index (χ1) is 18.4. The predicted molar refractivity (Wildman–Crippen MR) is 152 cm³/mol. The van der Waals surface area contributed by atoms with Crippen LogP contribution in [0.1, 0.15) is 45.7 Å². The summed E-state index contributed by atoms with van der Waals surface area (Å²) in [7, 11) is 0. The summed E-state index contributed by atoms with van der Waals surface area (Å²) >= 11 is 0. The zero-order chi connectivity index (χ0) is 26.5. The molecule has 0 saturated heterocycles. The summed E-state index contributed by atoms with van der Waals surface area (Å²) in [6, 6.07) is 22.9. The first-order valence-electron chi connectivity index (χ1n) is 12.9. The first kappa shape index (κ1) is 25.2. The number of nitrogens with zero attached hydrogens (tertiary/aromatic N) is 2. The van der Waals surface area contributed by atoms with E-state index in [9.17, 15) is 9.59 Å². The Hall–Kier alpha value is -4.46. The lowest BCUT2D eigenvalue weighted by Crippen LogP contribution is -2.28. The minimum atomic E-state index is -0.230. The molecule has 8 nitrogen and oxygen atoms in total. The lowest BCUT2D eigenvalue weighted by atomic mass is 10.1. The summed E-state index contributed by atoms with van der Waals surface area (Å²) in [6.07, 6.45) is 1.50. The first-order valence-corrected chi connectivity index (χ1v) is 12.9. The van der Waals surface area contributed by atoms with Gasteiger partial charge in [-0.25, -0.2) is 0 Å². The smallest absolute Gasteiger partial charge is 0.255 e. The number of hydrogen-bond acceptors (Lipinski definition) is 6. The zero-order valence-electron chi connectivity index (χ0n) is 21.6. The molecule has 0 bridgehead atoms. The highest BCUT2D eigenvalue weighted by Crippen LogP contribution is 2.16. The van der Waals surface area contributed by atoms with Gasteiger partial charge in [0.05, 0.1) is 13.1 Å². The second-order valence-electron chi connectivity index (χ2n) is 9.90. The molecule has 8 heteroatoms. The van der Waals surface area contributed by atoms with Gasteiger partial charge in [0.2, 0.25) is 0 Å². The van der Waals surface area contributed by atoms with Crippen LogP contribution in [-0.2, 0) is 12.8 Å². The third kappa shape index (κ3) is 6.45. The quantitative estimate of drug-likeness (QED) is 0.368. The normalized spacial score (nSPS) is 18.2. The molecule has 2 atom stereocenters. The van der Waals surface area contributed by atoms with E-state index in [4.69, 9.17) is 0 Å². The summed E-state index contributed by atoms with van der Waals surface area (Å²) < 4.78 is 0.